The van der Waals surface area contributed by atoms with Crippen molar-refractivity contribution in [2.24, 2.45) is 0 Å². The van der Waals surface area contributed by atoms with Crippen molar-refractivity contribution < 1.29 is 4.74 Å². The van der Waals surface area contributed by atoms with Gasteiger partial charge in [-0.3, -0.25) is 0 Å². The van der Waals surface area contributed by atoms with E-state index in [1.165, 1.54) is 25.9 Å². The molecule has 17 heavy (non-hydrogen) atoms. The molecule has 1 aliphatic heterocycles. The highest BCUT2D eigenvalue weighted by Crippen LogP contribution is 2.16. The smallest absolute Gasteiger partial charge is 0.137 e. The normalized spacial score (nSPS) is 15.7. The molecule has 0 radical (unpaired) electrons. The van der Waals surface area contributed by atoms with Crippen LogP contribution in [0, 0.1) is 11.3 Å². The minimum Gasteiger partial charge on any atom is -0.492 e. The minimum absolute atomic E-state index is 0.619. The van der Waals surface area contributed by atoms with Gasteiger partial charge in [-0.05, 0) is 44.5 Å². The van der Waals surface area contributed by atoms with Gasteiger partial charge in [0.2, 0.25) is 0 Å². The molecular formula is C14H18N2O. The number of nitriles is 1. The summed E-state index contributed by atoms with van der Waals surface area (Å²) in [6.45, 7) is 4.26. The van der Waals surface area contributed by atoms with Gasteiger partial charge < -0.3 is 9.64 Å². The van der Waals surface area contributed by atoms with Gasteiger partial charge in [-0.15, -0.1) is 0 Å². The molecule has 1 saturated heterocycles. The second kappa shape index (κ2) is 6.27. The highest BCUT2D eigenvalue weighted by Gasteiger charge is 2.10. The number of likely N-dealkylation sites (tertiary alicyclic amines) is 1. The lowest BCUT2D eigenvalue weighted by atomic mass is 10.2. The molecule has 0 unspecified atom stereocenters. The second-order valence-electron chi connectivity index (χ2n) is 4.36. The quantitative estimate of drug-likeness (QED) is 0.729. The summed E-state index contributed by atoms with van der Waals surface area (Å²) >= 11 is 0. The van der Waals surface area contributed by atoms with Crippen LogP contribution in [-0.2, 0) is 0 Å². The van der Waals surface area contributed by atoms with E-state index in [2.05, 4.69) is 11.0 Å². The first-order chi connectivity index (χ1) is 8.40. The molecule has 0 saturated carbocycles. The van der Waals surface area contributed by atoms with Crippen molar-refractivity contribution >= 4 is 0 Å². The van der Waals surface area contributed by atoms with Crippen LogP contribution in [0.2, 0.25) is 0 Å². The second-order valence-corrected chi connectivity index (χ2v) is 4.36. The Morgan fingerprint density at radius 3 is 2.76 bits per heavy atom. The Kier molecular flexibility index (Phi) is 4.40. The highest BCUT2D eigenvalue weighted by atomic mass is 16.5. The molecule has 0 aromatic heterocycles. The van der Waals surface area contributed by atoms with E-state index in [1.807, 2.05) is 18.2 Å². The maximum atomic E-state index is 8.91. The summed E-state index contributed by atoms with van der Waals surface area (Å²) in [6, 6.07) is 9.54. The molecule has 0 N–H and O–H groups in total. The molecule has 0 atom stereocenters. The largest absolute Gasteiger partial charge is 0.492 e. The van der Waals surface area contributed by atoms with Crippen LogP contribution in [0.3, 0.4) is 0 Å². The molecule has 0 bridgehead atoms. The standard InChI is InChI=1S/C14H18N2O/c15-12-13-6-1-2-7-14(13)17-11-5-10-16-8-3-4-9-16/h1-2,6-7H,3-5,8-11H2. The summed E-state index contributed by atoms with van der Waals surface area (Å²) < 4.78 is 5.64. The highest BCUT2D eigenvalue weighted by molar-refractivity contribution is 5.42. The van der Waals surface area contributed by atoms with Gasteiger partial charge in [-0.1, -0.05) is 12.1 Å². The Morgan fingerprint density at radius 1 is 1.24 bits per heavy atom. The van der Waals surface area contributed by atoms with Crippen LogP contribution < -0.4 is 4.74 Å². The first kappa shape index (κ1) is 11.9. The summed E-state index contributed by atoms with van der Waals surface area (Å²) in [5.41, 5.74) is 0.619. The Hall–Kier alpha value is -1.53. The molecule has 1 aromatic carbocycles. The van der Waals surface area contributed by atoms with Crippen LogP contribution in [-0.4, -0.2) is 31.1 Å². The third-order valence-electron chi connectivity index (χ3n) is 3.08. The lowest BCUT2D eigenvalue weighted by Crippen LogP contribution is -2.21. The van der Waals surface area contributed by atoms with E-state index in [-0.39, 0.29) is 0 Å². The Balaban J connectivity index is 1.72. The molecule has 2 rings (SSSR count). The monoisotopic (exact) mass is 230 g/mol. The van der Waals surface area contributed by atoms with Crippen molar-refractivity contribution in [2.45, 2.75) is 19.3 Å². The average molecular weight is 230 g/mol. The number of hydrogen-bond acceptors (Lipinski definition) is 3. The van der Waals surface area contributed by atoms with E-state index >= 15 is 0 Å². The van der Waals surface area contributed by atoms with Gasteiger partial charge in [0.15, 0.2) is 0 Å². The van der Waals surface area contributed by atoms with Crippen LogP contribution in [0.25, 0.3) is 0 Å². The zero-order valence-corrected chi connectivity index (χ0v) is 10.1. The van der Waals surface area contributed by atoms with Crippen LogP contribution in [0.1, 0.15) is 24.8 Å². The average Bonchev–Trinajstić information content (AvgIpc) is 2.88. The first-order valence-electron chi connectivity index (χ1n) is 6.24. The zero-order chi connectivity index (χ0) is 11.9. The van der Waals surface area contributed by atoms with E-state index in [1.54, 1.807) is 6.07 Å². The van der Waals surface area contributed by atoms with Crippen molar-refractivity contribution in [2.75, 3.05) is 26.2 Å². The molecule has 1 aromatic rings. The number of para-hydroxylation sites is 1. The molecule has 1 fully saturated rings. The third-order valence-corrected chi connectivity index (χ3v) is 3.08. The molecule has 3 heteroatoms. The summed E-state index contributed by atoms with van der Waals surface area (Å²) in [5.74, 6) is 0.705. The van der Waals surface area contributed by atoms with Gasteiger partial charge in [0, 0.05) is 6.54 Å². The predicted molar refractivity (Wildman–Crippen MR) is 66.9 cm³/mol. The maximum absolute atomic E-state index is 8.91. The van der Waals surface area contributed by atoms with Gasteiger partial charge in [0.1, 0.15) is 11.8 Å². The van der Waals surface area contributed by atoms with Crippen LogP contribution in [0.15, 0.2) is 24.3 Å². The van der Waals surface area contributed by atoms with Gasteiger partial charge >= 0.3 is 0 Å². The molecule has 90 valence electrons. The topological polar surface area (TPSA) is 36.3 Å². The fourth-order valence-electron chi connectivity index (χ4n) is 2.16. The number of ether oxygens (including phenoxy) is 1. The summed E-state index contributed by atoms with van der Waals surface area (Å²) in [6.07, 6.45) is 3.69. The summed E-state index contributed by atoms with van der Waals surface area (Å²) in [7, 11) is 0. The van der Waals surface area contributed by atoms with Crippen molar-refractivity contribution in [1.82, 2.24) is 4.90 Å². The molecule has 1 heterocycles. The number of hydrogen-bond donors (Lipinski definition) is 0. The van der Waals surface area contributed by atoms with Crippen molar-refractivity contribution in [3.8, 4) is 11.8 Å². The van der Waals surface area contributed by atoms with E-state index in [4.69, 9.17) is 10.00 Å². The number of benzene rings is 1. The molecule has 1 aliphatic rings. The van der Waals surface area contributed by atoms with Gasteiger partial charge in [-0.2, -0.15) is 5.26 Å². The molecule has 0 amide bonds. The van der Waals surface area contributed by atoms with Gasteiger partial charge in [-0.25, -0.2) is 0 Å². The Bertz CT molecular complexity index is 391. The molecule has 0 aliphatic carbocycles. The number of nitrogens with zero attached hydrogens (tertiary/aromatic N) is 2. The summed E-state index contributed by atoms with van der Waals surface area (Å²) in [5, 5.41) is 8.91. The SMILES string of the molecule is N#Cc1ccccc1OCCCN1CCCC1. The fraction of sp³-hybridized carbons (Fsp3) is 0.500. The van der Waals surface area contributed by atoms with E-state index < -0.39 is 0 Å². The number of rotatable bonds is 5. The van der Waals surface area contributed by atoms with Crippen LogP contribution >= 0.6 is 0 Å². The van der Waals surface area contributed by atoms with E-state index in [0.29, 0.717) is 17.9 Å². The lowest BCUT2D eigenvalue weighted by Gasteiger charge is -2.14. The third kappa shape index (κ3) is 3.47. The van der Waals surface area contributed by atoms with Crippen LogP contribution in [0.5, 0.6) is 5.75 Å². The fourth-order valence-corrected chi connectivity index (χ4v) is 2.16. The lowest BCUT2D eigenvalue weighted by molar-refractivity contribution is 0.263. The molecular weight excluding hydrogens is 212 g/mol. The zero-order valence-electron chi connectivity index (χ0n) is 10.1. The van der Waals surface area contributed by atoms with Crippen molar-refractivity contribution in [1.29, 1.82) is 5.26 Å². The first-order valence-corrected chi connectivity index (χ1v) is 6.24. The van der Waals surface area contributed by atoms with Crippen molar-refractivity contribution in [3.05, 3.63) is 29.8 Å². The van der Waals surface area contributed by atoms with Gasteiger partial charge in [0.25, 0.3) is 0 Å². The van der Waals surface area contributed by atoms with Crippen molar-refractivity contribution in [3.63, 3.8) is 0 Å². The molecule has 0 spiro atoms. The van der Waals surface area contributed by atoms with E-state index in [0.717, 1.165) is 13.0 Å². The molecule has 3 nitrogen and oxygen atoms in total. The Morgan fingerprint density at radius 2 is 2.00 bits per heavy atom. The van der Waals surface area contributed by atoms with E-state index in [9.17, 15) is 0 Å². The summed E-state index contributed by atoms with van der Waals surface area (Å²) in [4.78, 5) is 2.47. The van der Waals surface area contributed by atoms with Crippen LogP contribution in [0.4, 0.5) is 0 Å². The maximum Gasteiger partial charge on any atom is 0.137 e. The van der Waals surface area contributed by atoms with Gasteiger partial charge in [0.05, 0.1) is 12.2 Å². The predicted octanol–water partition coefficient (Wildman–Crippen LogP) is 2.42. The minimum atomic E-state index is 0.619. The Labute approximate surface area is 103 Å².